The second kappa shape index (κ2) is 19.1. The van der Waals surface area contributed by atoms with E-state index in [1.54, 1.807) is 13.1 Å². The molecule has 3 aromatic rings. The molecule has 2 aliphatic rings. The number of rotatable bonds is 11. The molecule has 2 aliphatic heterocycles. The van der Waals surface area contributed by atoms with Crippen molar-refractivity contribution in [1.29, 1.82) is 5.26 Å². The number of aromatic nitrogens is 2. The van der Waals surface area contributed by atoms with E-state index in [1.165, 1.54) is 44.8 Å². The molecule has 268 valence electrons. The van der Waals surface area contributed by atoms with Crippen molar-refractivity contribution in [1.82, 2.24) is 14.9 Å². The summed E-state index contributed by atoms with van der Waals surface area (Å²) in [5.41, 5.74) is 9.97. The van der Waals surface area contributed by atoms with Crippen molar-refractivity contribution in [2.75, 3.05) is 43.9 Å². The standard InChI is InChI=1S/C28H29F2N5OS.C9H21N.C2H6/c1-5-15(4)21(23-16(9-31)27(32)37-26(23)20(29)6-2)22-19-13-36-12-18(19)17-10-33-28(34-25(17)24(22)30)35-8-7-14(3)11-35;1-4-6-7-9-10(3)8-5-2;1-2/h6,10,14H,5,7-8,11-13,32H2,1-4H3;4-9H2,1-3H3;1-2H3/b20-6+,21-15+;;. The number of halogens is 2. The summed E-state index contributed by atoms with van der Waals surface area (Å²) in [5.74, 6) is -0.00499. The number of unbranched alkanes of at least 4 members (excludes halogenated alkanes) is 2. The predicted molar refractivity (Wildman–Crippen MR) is 203 cm³/mol. The number of allylic oxidation sites excluding steroid dienone is 2. The smallest absolute Gasteiger partial charge is 0.225 e. The second-order valence-electron chi connectivity index (χ2n) is 12.7. The first-order valence-corrected chi connectivity index (χ1v) is 18.8. The lowest BCUT2D eigenvalue weighted by atomic mass is 9.85. The van der Waals surface area contributed by atoms with Crippen molar-refractivity contribution in [2.24, 2.45) is 5.92 Å². The molecule has 49 heavy (non-hydrogen) atoms. The maximum Gasteiger partial charge on any atom is 0.225 e. The fourth-order valence-electron chi connectivity index (χ4n) is 6.39. The molecule has 0 radical (unpaired) electrons. The molecule has 0 amide bonds. The van der Waals surface area contributed by atoms with Gasteiger partial charge in [-0.1, -0.05) is 66.0 Å². The van der Waals surface area contributed by atoms with Crippen molar-refractivity contribution in [3.63, 3.8) is 0 Å². The Labute approximate surface area is 296 Å². The highest BCUT2D eigenvalue weighted by molar-refractivity contribution is 7.17. The number of benzene rings is 1. The average Bonchev–Trinajstić information content (AvgIpc) is 3.86. The van der Waals surface area contributed by atoms with Gasteiger partial charge in [-0.3, -0.25) is 0 Å². The zero-order valence-electron chi connectivity index (χ0n) is 31.1. The molecule has 1 aromatic carbocycles. The van der Waals surface area contributed by atoms with Crippen LogP contribution in [0.4, 0.5) is 19.7 Å². The van der Waals surface area contributed by atoms with Gasteiger partial charge in [0.2, 0.25) is 5.95 Å². The Morgan fingerprint density at radius 3 is 2.47 bits per heavy atom. The molecule has 1 fully saturated rings. The van der Waals surface area contributed by atoms with Gasteiger partial charge < -0.3 is 20.3 Å². The number of hydrogen-bond acceptors (Lipinski definition) is 8. The third kappa shape index (κ3) is 9.05. The van der Waals surface area contributed by atoms with Crippen LogP contribution in [0.1, 0.15) is 127 Å². The van der Waals surface area contributed by atoms with Gasteiger partial charge in [0.05, 0.1) is 23.7 Å². The second-order valence-corrected chi connectivity index (χ2v) is 13.8. The molecule has 1 atom stereocenters. The van der Waals surface area contributed by atoms with Crippen LogP contribution >= 0.6 is 11.3 Å². The number of ether oxygens (including phenoxy) is 1. The molecule has 7 nitrogen and oxygen atoms in total. The molecule has 2 N–H and O–H groups in total. The van der Waals surface area contributed by atoms with Crippen molar-refractivity contribution >= 4 is 44.6 Å². The molecule has 0 bridgehead atoms. The maximum absolute atomic E-state index is 16.7. The number of nitrogens with zero attached hydrogens (tertiary/aromatic N) is 5. The van der Waals surface area contributed by atoms with Crippen molar-refractivity contribution in [3.05, 3.63) is 56.4 Å². The monoisotopic (exact) mass is 694 g/mol. The number of nitrogens with two attached hydrogens (primary N) is 1. The van der Waals surface area contributed by atoms with Crippen molar-refractivity contribution < 1.29 is 13.5 Å². The summed E-state index contributed by atoms with van der Waals surface area (Å²) in [6.07, 6.45) is 9.98. The Hall–Kier alpha value is -3.39. The van der Waals surface area contributed by atoms with Gasteiger partial charge in [0.1, 0.15) is 22.4 Å². The molecule has 4 heterocycles. The number of anilines is 2. The molecule has 1 unspecified atom stereocenters. The van der Waals surface area contributed by atoms with Crippen LogP contribution in [0.25, 0.3) is 22.3 Å². The van der Waals surface area contributed by atoms with Gasteiger partial charge in [-0.2, -0.15) is 5.26 Å². The van der Waals surface area contributed by atoms with Crippen LogP contribution in [0.5, 0.6) is 0 Å². The lowest BCUT2D eigenvalue weighted by molar-refractivity contribution is 0.134. The van der Waals surface area contributed by atoms with E-state index in [1.807, 2.05) is 27.7 Å². The Morgan fingerprint density at radius 2 is 1.88 bits per heavy atom. The van der Waals surface area contributed by atoms with Gasteiger partial charge in [-0.05, 0) is 82.3 Å². The summed E-state index contributed by atoms with van der Waals surface area (Å²) in [6.45, 7) is 20.7. The van der Waals surface area contributed by atoms with Crippen LogP contribution in [-0.4, -0.2) is 48.1 Å². The van der Waals surface area contributed by atoms with Crippen LogP contribution in [0.3, 0.4) is 0 Å². The first-order chi connectivity index (χ1) is 23.6. The highest BCUT2D eigenvalue weighted by Crippen LogP contribution is 2.47. The van der Waals surface area contributed by atoms with E-state index in [2.05, 4.69) is 48.7 Å². The summed E-state index contributed by atoms with van der Waals surface area (Å²) in [7, 11) is 2.21. The molecule has 0 spiro atoms. The minimum Gasteiger partial charge on any atom is -0.389 e. The fourth-order valence-corrected chi connectivity index (χ4v) is 7.38. The average molecular weight is 695 g/mol. The van der Waals surface area contributed by atoms with Crippen LogP contribution in [0.15, 0.2) is 17.8 Å². The third-order valence-corrected chi connectivity index (χ3v) is 10.1. The Bertz CT molecular complexity index is 1670. The minimum absolute atomic E-state index is 0.154. The SMILES string of the molecule is C/C=C(/F)c1sc(N)c(C#N)c1/C(=C(\C)CC)c1c2c(c3cnc(N4CCC(C)C4)nc3c1F)COC2.CC.CCCCCN(C)CCC. The van der Waals surface area contributed by atoms with Gasteiger partial charge >= 0.3 is 0 Å². The highest BCUT2D eigenvalue weighted by atomic mass is 32.1. The van der Waals surface area contributed by atoms with Gasteiger partial charge in [0.25, 0.3) is 0 Å². The van der Waals surface area contributed by atoms with Crippen molar-refractivity contribution in [3.8, 4) is 6.07 Å². The van der Waals surface area contributed by atoms with Gasteiger partial charge in [0, 0.05) is 35.8 Å². The molecular weight excluding hydrogens is 639 g/mol. The largest absolute Gasteiger partial charge is 0.389 e. The Balaban J connectivity index is 0.000000468. The van der Waals surface area contributed by atoms with Crippen LogP contribution in [0.2, 0.25) is 0 Å². The third-order valence-electron chi connectivity index (χ3n) is 9.12. The number of nitrogen functional groups attached to an aromatic ring is 1. The van der Waals surface area contributed by atoms with E-state index in [4.69, 9.17) is 15.5 Å². The van der Waals surface area contributed by atoms with E-state index >= 15 is 8.78 Å². The quantitative estimate of drug-likeness (QED) is 0.200. The zero-order chi connectivity index (χ0) is 36.2. The molecule has 2 aromatic heterocycles. The van der Waals surface area contributed by atoms with Crippen LogP contribution < -0.4 is 10.6 Å². The number of fused-ring (bicyclic) bond motifs is 3. The summed E-state index contributed by atoms with van der Waals surface area (Å²) < 4.78 is 37.7. The van der Waals surface area contributed by atoms with E-state index < -0.39 is 11.6 Å². The van der Waals surface area contributed by atoms with E-state index in [0.717, 1.165) is 42.0 Å². The normalized spacial score (nSPS) is 16.2. The molecular formula is C39H56F2N6OS. The van der Waals surface area contributed by atoms with Gasteiger partial charge in [-0.15, -0.1) is 11.3 Å². The Morgan fingerprint density at radius 1 is 1.16 bits per heavy atom. The maximum atomic E-state index is 16.7. The van der Waals surface area contributed by atoms with Crippen LogP contribution in [0, 0.1) is 23.1 Å². The topological polar surface area (TPSA) is 91.3 Å². The molecule has 5 rings (SSSR count). The lowest BCUT2D eigenvalue weighted by Crippen LogP contribution is -2.21. The van der Waals surface area contributed by atoms with E-state index in [9.17, 15) is 5.26 Å². The number of thiophene rings is 1. The highest BCUT2D eigenvalue weighted by Gasteiger charge is 2.33. The number of nitriles is 1. The van der Waals surface area contributed by atoms with Crippen molar-refractivity contribution in [2.45, 2.75) is 107 Å². The molecule has 0 saturated carbocycles. The lowest BCUT2D eigenvalue weighted by Gasteiger charge is -2.20. The minimum atomic E-state index is -0.515. The van der Waals surface area contributed by atoms with E-state index in [0.29, 0.717) is 52.5 Å². The summed E-state index contributed by atoms with van der Waals surface area (Å²) in [6, 6.07) is 2.14. The molecule has 10 heteroatoms. The summed E-state index contributed by atoms with van der Waals surface area (Å²) in [5, 5.41) is 10.8. The van der Waals surface area contributed by atoms with E-state index in [-0.39, 0.29) is 27.6 Å². The molecule has 0 aliphatic carbocycles. The zero-order valence-corrected chi connectivity index (χ0v) is 31.9. The predicted octanol–water partition coefficient (Wildman–Crippen LogP) is 10.3. The van der Waals surface area contributed by atoms with Crippen LogP contribution in [-0.2, 0) is 18.0 Å². The summed E-state index contributed by atoms with van der Waals surface area (Å²) >= 11 is 1.00. The summed E-state index contributed by atoms with van der Waals surface area (Å²) in [4.78, 5) is 14.0. The first-order valence-electron chi connectivity index (χ1n) is 18.0. The fraction of sp³-hybridized carbons (Fsp3) is 0.564. The number of hydrogen-bond donors (Lipinski definition) is 1. The first kappa shape index (κ1) is 40.0. The molecule has 1 saturated heterocycles. The van der Waals surface area contributed by atoms with Gasteiger partial charge in [0.15, 0.2) is 5.82 Å². The Kier molecular flexibility index (Phi) is 15.6. The van der Waals surface area contributed by atoms with Gasteiger partial charge in [-0.25, -0.2) is 18.7 Å².